The molecule has 31 heavy (non-hydrogen) atoms. The van der Waals surface area contributed by atoms with Gasteiger partial charge in [-0.3, -0.25) is 14.4 Å². The van der Waals surface area contributed by atoms with Crippen molar-refractivity contribution in [3.8, 4) is 0 Å². The van der Waals surface area contributed by atoms with Gasteiger partial charge in [-0.05, 0) is 50.5 Å². The van der Waals surface area contributed by atoms with Gasteiger partial charge in [-0.25, -0.2) is 0 Å². The van der Waals surface area contributed by atoms with Crippen LogP contribution in [0.15, 0.2) is 53.4 Å². The number of hydrogen-bond acceptors (Lipinski definition) is 4. The molecule has 0 bridgehead atoms. The zero-order valence-corrected chi connectivity index (χ0v) is 18.9. The molecule has 3 rings (SSSR count). The molecule has 0 spiro atoms. The number of hydrogen-bond donors (Lipinski definition) is 1. The van der Waals surface area contributed by atoms with Gasteiger partial charge in [0.05, 0.1) is 11.4 Å². The third-order valence-electron chi connectivity index (χ3n) is 5.31. The zero-order chi connectivity index (χ0) is 22.2. The van der Waals surface area contributed by atoms with Crippen LogP contribution in [-0.2, 0) is 16.0 Å². The largest absolute Gasteiger partial charge is 0.355 e. The summed E-state index contributed by atoms with van der Waals surface area (Å²) in [5.41, 5.74) is 2.41. The molecule has 0 fully saturated rings. The fourth-order valence-corrected chi connectivity index (χ4v) is 4.48. The van der Waals surface area contributed by atoms with Gasteiger partial charge in [-0.1, -0.05) is 30.3 Å². The van der Waals surface area contributed by atoms with Crippen molar-refractivity contribution in [1.29, 1.82) is 0 Å². The summed E-state index contributed by atoms with van der Waals surface area (Å²) in [4.78, 5) is 42.0. The number of carbonyl (C=O) groups is 3. The van der Waals surface area contributed by atoms with Gasteiger partial charge in [0.2, 0.25) is 11.8 Å². The second kappa shape index (κ2) is 11.0. The molecule has 164 valence electrons. The monoisotopic (exact) mass is 439 g/mol. The van der Waals surface area contributed by atoms with Crippen LogP contribution < -0.4 is 10.2 Å². The topological polar surface area (TPSA) is 69.7 Å². The molecule has 2 aromatic carbocycles. The van der Waals surface area contributed by atoms with Crippen molar-refractivity contribution in [2.75, 3.05) is 36.8 Å². The Labute approximate surface area is 188 Å². The van der Waals surface area contributed by atoms with Crippen molar-refractivity contribution in [2.45, 2.75) is 31.6 Å². The first-order chi connectivity index (χ1) is 15.0. The highest BCUT2D eigenvalue weighted by atomic mass is 32.2. The summed E-state index contributed by atoms with van der Waals surface area (Å²) in [6, 6.07) is 15.5. The molecule has 1 aliphatic heterocycles. The third-order valence-corrected chi connectivity index (χ3v) is 6.36. The maximum Gasteiger partial charge on any atom is 0.253 e. The van der Waals surface area contributed by atoms with Crippen LogP contribution in [-0.4, -0.2) is 54.6 Å². The number of carbonyl (C=O) groups excluding carboxylic acids is 3. The van der Waals surface area contributed by atoms with Crippen molar-refractivity contribution < 1.29 is 14.4 Å². The maximum atomic E-state index is 12.7. The van der Waals surface area contributed by atoms with E-state index in [0.717, 1.165) is 17.7 Å². The maximum absolute atomic E-state index is 12.7. The second-order valence-corrected chi connectivity index (χ2v) is 8.38. The highest BCUT2D eigenvalue weighted by Crippen LogP contribution is 2.36. The molecule has 0 radical (unpaired) electrons. The van der Waals surface area contributed by atoms with Crippen molar-refractivity contribution in [1.82, 2.24) is 10.2 Å². The number of rotatable bonds is 9. The normalized spacial score (nSPS) is 13.0. The molecule has 0 saturated carbocycles. The molecular formula is C24H29N3O3S. The minimum Gasteiger partial charge on any atom is -0.355 e. The summed E-state index contributed by atoms with van der Waals surface area (Å²) in [5.74, 6) is -0.0947. The summed E-state index contributed by atoms with van der Waals surface area (Å²) in [7, 11) is 0. The summed E-state index contributed by atoms with van der Waals surface area (Å²) in [5, 5.41) is 2.91. The quantitative estimate of drug-likeness (QED) is 0.609. The van der Waals surface area contributed by atoms with Gasteiger partial charge in [0.25, 0.3) is 5.91 Å². The molecule has 7 heteroatoms. The lowest BCUT2D eigenvalue weighted by Crippen LogP contribution is -2.43. The van der Waals surface area contributed by atoms with E-state index in [4.69, 9.17) is 0 Å². The number of anilines is 1. The average Bonchev–Trinajstić information content (AvgIpc) is 2.79. The van der Waals surface area contributed by atoms with Crippen molar-refractivity contribution in [2.24, 2.45) is 0 Å². The minimum absolute atomic E-state index is 0.0410. The van der Waals surface area contributed by atoms with Gasteiger partial charge in [0.1, 0.15) is 6.54 Å². The Morgan fingerprint density at radius 3 is 2.55 bits per heavy atom. The fourth-order valence-electron chi connectivity index (χ4n) is 3.57. The number of nitrogens with one attached hydrogen (secondary N) is 1. The predicted octanol–water partition coefficient (Wildman–Crippen LogP) is 3.36. The lowest BCUT2D eigenvalue weighted by Gasteiger charge is -2.29. The smallest absolute Gasteiger partial charge is 0.253 e. The molecule has 0 aromatic heterocycles. The molecular weight excluding hydrogens is 410 g/mol. The summed E-state index contributed by atoms with van der Waals surface area (Å²) >= 11 is 1.44. The van der Waals surface area contributed by atoms with E-state index in [9.17, 15) is 14.4 Å². The van der Waals surface area contributed by atoms with E-state index in [-0.39, 0.29) is 30.0 Å². The Hall–Kier alpha value is -2.80. The van der Waals surface area contributed by atoms with Gasteiger partial charge < -0.3 is 15.1 Å². The first-order valence-electron chi connectivity index (χ1n) is 10.7. The van der Waals surface area contributed by atoms with Crippen LogP contribution in [0.1, 0.15) is 36.2 Å². The Morgan fingerprint density at radius 2 is 1.84 bits per heavy atom. The number of amides is 3. The molecule has 6 nitrogen and oxygen atoms in total. The van der Waals surface area contributed by atoms with Crippen LogP contribution in [0.4, 0.5) is 5.69 Å². The van der Waals surface area contributed by atoms with Crippen LogP contribution in [0.5, 0.6) is 0 Å². The summed E-state index contributed by atoms with van der Waals surface area (Å²) in [6.45, 7) is 5.63. The molecule has 3 amide bonds. The Kier molecular flexibility index (Phi) is 8.12. The second-order valence-electron chi connectivity index (χ2n) is 7.37. The summed E-state index contributed by atoms with van der Waals surface area (Å²) < 4.78 is 0. The van der Waals surface area contributed by atoms with Crippen LogP contribution in [0.2, 0.25) is 0 Å². The number of aryl methyl sites for hydroxylation is 1. The lowest BCUT2D eigenvalue weighted by molar-refractivity contribution is -0.122. The SMILES string of the molecule is CCN(CC)C(=O)c1ccc2c(c1)N(CC(=O)NCCCc1ccccc1)C(=O)CS2. The van der Waals surface area contributed by atoms with Gasteiger partial charge >= 0.3 is 0 Å². The zero-order valence-electron chi connectivity index (χ0n) is 18.1. The van der Waals surface area contributed by atoms with E-state index in [1.54, 1.807) is 17.0 Å². The highest BCUT2D eigenvalue weighted by Gasteiger charge is 2.28. The molecule has 0 atom stereocenters. The first-order valence-corrected chi connectivity index (χ1v) is 11.7. The van der Waals surface area contributed by atoms with E-state index in [2.05, 4.69) is 17.4 Å². The molecule has 1 heterocycles. The molecule has 0 aliphatic carbocycles. The van der Waals surface area contributed by atoms with Crippen LogP contribution in [0.25, 0.3) is 0 Å². The highest BCUT2D eigenvalue weighted by molar-refractivity contribution is 8.00. The Morgan fingerprint density at radius 1 is 1.10 bits per heavy atom. The predicted molar refractivity (Wildman–Crippen MR) is 125 cm³/mol. The van der Waals surface area contributed by atoms with Gasteiger partial charge in [-0.15, -0.1) is 11.8 Å². The number of fused-ring (bicyclic) bond motifs is 1. The summed E-state index contributed by atoms with van der Waals surface area (Å²) in [6.07, 6.45) is 1.72. The molecule has 2 aromatic rings. The van der Waals surface area contributed by atoms with Crippen LogP contribution in [0, 0.1) is 0 Å². The van der Waals surface area contributed by atoms with Crippen molar-refractivity contribution in [3.05, 3.63) is 59.7 Å². The molecule has 0 unspecified atom stereocenters. The van der Waals surface area contributed by atoms with Crippen LogP contribution in [0.3, 0.4) is 0 Å². The van der Waals surface area contributed by atoms with Crippen molar-refractivity contribution >= 4 is 35.2 Å². The first kappa shape index (κ1) is 22.9. The van der Waals surface area contributed by atoms with Gasteiger partial charge in [-0.2, -0.15) is 0 Å². The number of nitrogens with zero attached hydrogens (tertiary/aromatic N) is 2. The standard InChI is InChI=1S/C24H29N3O3S/c1-3-26(4-2)24(30)19-12-13-21-20(15-19)27(23(29)17-31-21)16-22(28)25-14-8-11-18-9-6-5-7-10-18/h5-7,9-10,12-13,15H,3-4,8,11,14,16-17H2,1-2H3,(H,25,28). The van der Waals surface area contributed by atoms with Gasteiger partial charge in [0.15, 0.2) is 0 Å². The minimum atomic E-state index is -0.195. The van der Waals surface area contributed by atoms with Gasteiger partial charge in [0, 0.05) is 30.1 Å². The Balaban J connectivity index is 1.63. The van der Waals surface area contributed by atoms with E-state index >= 15 is 0 Å². The van der Waals surface area contributed by atoms with E-state index in [0.29, 0.717) is 30.9 Å². The van der Waals surface area contributed by atoms with E-state index in [1.165, 1.54) is 22.2 Å². The van der Waals surface area contributed by atoms with E-state index in [1.807, 2.05) is 38.1 Å². The lowest BCUT2D eigenvalue weighted by atomic mass is 10.1. The van der Waals surface area contributed by atoms with Crippen molar-refractivity contribution in [3.63, 3.8) is 0 Å². The third kappa shape index (κ3) is 5.88. The van der Waals surface area contributed by atoms with Crippen LogP contribution >= 0.6 is 11.8 Å². The number of benzene rings is 2. The van der Waals surface area contributed by atoms with E-state index < -0.39 is 0 Å². The Bertz CT molecular complexity index is 929. The molecule has 1 aliphatic rings. The number of thioether (sulfide) groups is 1. The molecule has 0 saturated heterocycles. The molecule has 1 N–H and O–H groups in total. The average molecular weight is 440 g/mol. The fraction of sp³-hybridized carbons (Fsp3) is 0.375.